The lowest BCUT2D eigenvalue weighted by atomic mass is 10.3. The lowest BCUT2D eigenvalue weighted by Gasteiger charge is -2.18. The van der Waals surface area contributed by atoms with Crippen molar-refractivity contribution in [1.82, 2.24) is 0 Å². The van der Waals surface area contributed by atoms with Gasteiger partial charge >= 0.3 is 0 Å². The number of benzene rings is 2. The van der Waals surface area contributed by atoms with Crippen molar-refractivity contribution in [1.29, 1.82) is 0 Å². The number of hydrogen-bond acceptors (Lipinski definition) is 4. The molecular formula is C16H17NO2S. The molecule has 0 saturated carbocycles. The van der Waals surface area contributed by atoms with Crippen molar-refractivity contribution in [2.24, 2.45) is 0 Å². The van der Waals surface area contributed by atoms with E-state index < -0.39 is 0 Å². The van der Waals surface area contributed by atoms with E-state index in [2.05, 4.69) is 29.6 Å². The van der Waals surface area contributed by atoms with E-state index in [1.54, 1.807) is 0 Å². The van der Waals surface area contributed by atoms with E-state index in [4.69, 9.17) is 9.47 Å². The maximum atomic E-state index is 5.59. The van der Waals surface area contributed by atoms with Gasteiger partial charge in [-0.3, -0.25) is 0 Å². The van der Waals surface area contributed by atoms with E-state index in [1.165, 1.54) is 4.90 Å². The summed E-state index contributed by atoms with van der Waals surface area (Å²) in [5, 5.41) is 3.40. The standard InChI is InChI=1S/C16H17NO2S/c1-2-4-13(5-3-1)17-8-11-20-14-6-7-15-16(12-14)19-10-9-18-15/h1-7,12,17H,8-11H2. The van der Waals surface area contributed by atoms with Gasteiger partial charge in [0.15, 0.2) is 11.5 Å². The molecule has 4 heteroatoms. The third kappa shape index (κ3) is 3.39. The fourth-order valence-corrected chi connectivity index (χ4v) is 2.83. The summed E-state index contributed by atoms with van der Waals surface area (Å²) in [6.45, 7) is 2.21. The second kappa shape index (κ2) is 6.57. The van der Waals surface area contributed by atoms with Crippen LogP contribution in [0.4, 0.5) is 5.69 Å². The Bertz CT molecular complexity index is 560. The molecule has 0 aliphatic carbocycles. The molecule has 1 N–H and O–H groups in total. The molecule has 0 amide bonds. The Morgan fingerprint density at radius 2 is 1.75 bits per heavy atom. The Balaban J connectivity index is 1.49. The van der Waals surface area contributed by atoms with Crippen LogP contribution < -0.4 is 14.8 Å². The Labute approximate surface area is 123 Å². The normalized spacial score (nSPS) is 13.0. The molecule has 2 aromatic carbocycles. The van der Waals surface area contributed by atoms with Crippen molar-refractivity contribution in [3.05, 3.63) is 48.5 Å². The van der Waals surface area contributed by atoms with Crippen LogP contribution in [-0.4, -0.2) is 25.5 Å². The van der Waals surface area contributed by atoms with Crippen LogP contribution in [0.2, 0.25) is 0 Å². The number of anilines is 1. The lowest BCUT2D eigenvalue weighted by molar-refractivity contribution is 0.171. The Morgan fingerprint density at radius 1 is 0.950 bits per heavy atom. The molecule has 0 atom stereocenters. The highest BCUT2D eigenvalue weighted by molar-refractivity contribution is 7.99. The highest BCUT2D eigenvalue weighted by Gasteiger charge is 2.11. The molecule has 0 saturated heterocycles. The first-order valence-electron chi connectivity index (χ1n) is 6.73. The van der Waals surface area contributed by atoms with Crippen molar-refractivity contribution in [2.45, 2.75) is 4.90 Å². The predicted octanol–water partition coefficient (Wildman–Crippen LogP) is 3.66. The van der Waals surface area contributed by atoms with Gasteiger partial charge in [-0.1, -0.05) is 18.2 Å². The summed E-state index contributed by atoms with van der Waals surface area (Å²) < 4.78 is 11.1. The van der Waals surface area contributed by atoms with E-state index >= 15 is 0 Å². The molecule has 20 heavy (non-hydrogen) atoms. The number of nitrogens with one attached hydrogen (secondary N) is 1. The van der Waals surface area contributed by atoms with Gasteiger partial charge < -0.3 is 14.8 Å². The van der Waals surface area contributed by atoms with Crippen LogP contribution in [0.15, 0.2) is 53.4 Å². The molecule has 2 aromatic rings. The first kappa shape index (κ1) is 13.2. The number of thioether (sulfide) groups is 1. The summed E-state index contributed by atoms with van der Waals surface area (Å²) >= 11 is 1.81. The van der Waals surface area contributed by atoms with Gasteiger partial charge in [-0.15, -0.1) is 11.8 Å². The second-order valence-electron chi connectivity index (χ2n) is 4.45. The minimum absolute atomic E-state index is 0.636. The minimum atomic E-state index is 0.636. The van der Waals surface area contributed by atoms with Crippen LogP contribution in [0.25, 0.3) is 0 Å². The Morgan fingerprint density at radius 3 is 2.60 bits per heavy atom. The quantitative estimate of drug-likeness (QED) is 0.671. The van der Waals surface area contributed by atoms with Crippen LogP contribution in [0.1, 0.15) is 0 Å². The molecule has 0 bridgehead atoms. The molecule has 0 fully saturated rings. The summed E-state index contributed by atoms with van der Waals surface area (Å²) in [4.78, 5) is 1.21. The molecule has 3 nitrogen and oxygen atoms in total. The van der Waals surface area contributed by atoms with E-state index in [1.807, 2.05) is 36.0 Å². The lowest BCUT2D eigenvalue weighted by Crippen LogP contribution is -2.15. The summed E-state index contributed by atoms with van der Waals surface area (Å²) in [5.41, 5.74) is 1.16. The van der Waals surface area contributed by atoms with E-state index in [0.717, 1.165) is 29.5 Å². The zero-order chi connectivity index (χ0) is 13.6. The summed E-state index contributed by atoms with van der Waals surface area (Å²) in [6.07, 6.45) is 0. The van der Waals surface area contributed by atoms with Crippen molar-refractivity contribution in [3.63, 3.8) is 0 Å². The van der Waals surface area contributed by atoms with E-state index in [9.17, 15) is 0 Å². The molecule has 1 aliphatic heterocycles. The minimum Gasteiger partial charge on any atom is -0.486 e. The van der Waals surface area contributed by atoms with Gasteiger partial charge in [0.05, 0.1) is 0 Å². The molecule has 104 valence electrons. The van der Waals surface area contributed by atoms with Crippen molar-refractivity contribution < 1.29 is 9.47 Å². The van der Waals surface area contributed by atoms with Gasteiger partial charge in [-0.05, 0) is 30.3 Å². The molecule has 0 aromatic heterocycles. The summed E-state index contributed by atoms with van der Waals surface area (Å²) in [5.74, 6) is 2.72. The number of rotatable bonds is 5. The molecular weight excluding hydrogens is 270 g/mol. The maximum absolute atomic E-state index is 5.59. The van der Waals surface area contributed by atoms with Crippen LogP contribution in [0.5, 0.6) is 11.5 Å². The van der Waals surface area contributed by atoms with Crippen LogP contribution in [0.3, 0.4) is 0 Å². The number of para-hydroxylation sites is 1. The highest BCUT2D eigenvalue weighted by atomic mass is 32.2. The largest absolute Gasteiger partial charge is 0.486 e. The van der Waals surface area contributed by atoms with Crippen LogP contribution in [-0.2, 0) is 0 Å². The average molecular weight is 287 g/mol. The zero-order valence-electron chi connectivity index (χ0n) is 11.2. The van der Waals surface area contributed by atoms with Crippen molar-refractivity contribution in [2.75, 3.05) is 30.8 Å². The van der Waals surface area contributed by atoms with Crippen molar-refractivity contribution >= 4 is 17.4 Å². The number of ether oxygens (including phenoxy) is 2. The van der Waals surface area contributed by atoms with E-state index in [-0.39, 0.29) is 0 Å². The van der Waals surface area contributed by atoms with Gasteiger partial charge in [0.2, 0.25) is 0 Å². The van der Waals surface area contributed by atoms with Gasteiger partial charge in [0.1, 0.15) is 13.2 Å². The molecule has 3 rings (SSSR count). The monoisotopic (exact) mass is 287 g/mol. The Kier molecular flexibility index (Phi) is 4.33. The maximum Gasteiger partial charge on any atom is 0.162 e. The zero-order valence-corrected chi connectivity index (χ0v) is 12.0. The fourth-order valence-electron chi connectivity index (χ4n) is 2.03. The first-order chi connectivity index (χ1) is 9.92. The highest BCUT2D eigenvalue weighted by Crippen LogP contribution is 2.34. The first-order valence-corrected chi connectivity index (χ1v) is 7.72. The van der Waals surface area contributed by atoms with Crippen LogP contribution in [0, 0.1) is 0 Å². The topological polar surface area (TPSA) is 30.5 Å². The van der Waals surface area contributed by atoms with Crippen LogP contribution >= 0.6 is 11.8 Å². The number of hydrogen-bond donors (Lipinski definition) is 1. The molecule has 0 unspecified atom stereocenters. The summed E-state index contributed by atoms with van der Waals surface area (Å²) in [6, 6.07) is 16.4. The van der Waals surface area contributed by atoms with Gasteiger partial charge in [-0.25, -0.2) is 0 Å². The molecule has 1 heterocycles. The van der Waals surface area contributed by atoms with Gasteiger partial charge in [-0.2, -0.15) is 0 Å². The molecule has 0 radical (unpaired) electrons. The average Bonchev–Trinajstić information content (AvgIpc) is 2.52. The van der Waals surface area contributed by atoms with E-state index in [0.29, 0.717) is 13.2 Å². The predicted molar refractivity (Wildman–Crippen MR) is 83.1 cm³/mol. The third-order valence-corrected chi connectivity index (χ3v) is 3.98. The number of fused-ring (bicyclic) bond motifs is 1. The molecule has 1 aliphatic rings. The van der Waals surface area contributed by atoms with Gasteiger partial charge in [0, 0.05) is 22.9 Å². The SMILES string of the molecule is c1ccc(NCCSc2ccc3c(c2)OCCO3)cc1. The second-order valence-corrected chi connectivity index (χ2v) is 5.62. The molecule has 0 spiro atoms. The summed E-state index contributed by atoms with van der Waals surface area (Å²) in [7, 11) is 0. The third-order valence-electron chi connectivity index (χ3n) is 2.99. The Hall–Kier alpha value is -1.81. The van der Waals surface area contributed by atoms with Gasteiger partial charge in [0.25, 0.3) is 0 Å². The fraction of sp³-hybridized carbons (Fsp3) is 0.250. The van der Waals surface area contributed by atoms with Crippen molar-refractivity contribution in [3.8, 4) is 11.5 Å². The smallest absolute Gasteiger partial charge is 0.162 e.